The first-order valence-corrected chi connectivity index (χ1v) is 10.6. The Balaban J connectivity index is 1.34. The van der Waals surface area contributed by atoms with Crippen LogP contribution < -0.4 is 4.90 Å². The van der Waals surface area contributed by atoms with E-state index in [-0.39, 0.29) is 5.92 Å². The van der Waals surface area contributed by atoms with Crippen molar-refractivity contribution in [2.45, 2.75) is 32.6 Å². The number of benzene rings is 1. The molecule has 0 radical (unpaired) electrons. The number of likely N-dealkylation sites (tertiary alicyclic amines) is 1. The summed E-state index contributed by atoms with van der Waals surface area (Å²) in [5, 5.41) is 0. The second-order valence-corrected chi connectivity index (χ2v) is 8.46. The first-order chi connectivity index (χ1) is 13.7. The van der Waals surface area contributed by atoms with Gasteiger partial charge in [0.2, 0.25) is 5.91 Å². The Bertz CT molecular complexity index is 994. The van der Waals surface area contributed by atoms with E-state index in [1.807, 2.05) is 6.07 Å². The third kappa shape index (κ3) is 3.03. The van der Waals surface area contributed by atoms with Crippen LogP contribution in [0, 0.1) is 11.8 Å². The summed E-state index contributed by atoms with van der Waals surface area (Å²) in [6.45, 7) is 5.97. The zero-order valence-corrected chi connectivity index (χ0v) is 16.6. The summed E-state index contributed by atoms with van der Waals surface area (Å²) in [5.41, 5.74) is 3.30. The summed E-state index contributed by atoms with van der Waals surface area (Å²) < 4.78 is 2.23. The fourth-order valence-electron chi connectivity index (χ4n) is 4.77. The van der Waals surface area contributed by atoms with Crippen molar-refractivity contribution in [3.8, 4) is 0 Å². The average Bonchev–Trinajstić information content (AvgIpc) is 3.24. The fraction of sp³-hybridized carbons (Fsp3) is 0.478. The molecule has 5 nitrogen and oxygen atoms in total. The first-order valence-electron chi connectivity index (χ1n) is 10.6. The number of para-hydroxylation sites is 2. The smallest absolute Gasteiger partial charge is 0.225 e. The highest BCUT2D eigenvalue weighted by Crippen LogP contribution is 2.30. The Morgan fingerprint density at radius 2 is 1.64 bits per heavy atom. The van der Waals surface area contributed by atoms with E-state index in [0.29, 0.717) is 5.91 Å². The highest BCUT2D eigenvalue weighted by molar-refractivity contribution is 5.85. The van der Waals surface area contributed by atoms with E-state index >= 15 is 0 Å². The standard InChI is InChI=1S/C23H28N4O/c1-17-8-13-26(14-9-17)23(28)18-10-15-25(16-11-18)22-21-7-4-12-27(21)20-6-3-2-5-19(20)24-22/h2-7,12,17-18H,8-11,13-16H2,1H3. The molecule has 0 aliphatic carbocycles. The lowest BCUT2D eigenvalue weighted by atomic mass is 9.92. The van der Waals surface area contributed by atoms with Crippen molar-refractivity contribution >= 4 is 28.3 Å². The lowest BCUT2D eigenvalue weighted by Gasteiger charge is -2.37. The number of anilines is 1. The topological polar surface area (TPSA) is 40.9 Å². The van der Waals surface area contributed by atoms with Gasteiger partial charge in [-0.2, -0.15) is 0 Å². The molecule has 2 aromatic heterocycles. The van der Waals surface area contributed by atoms with Gasteiger partial charge in [-0.15, -0.1) is 0 Å². The lowest BCUT2D eigenvalue weighted by Crippen LogP contribution is -2.45. The van der Waals surface area contributed by atoms with Crippen molar-refractivity contribution in [1.29, 1.82) is 0 Å². The number of hydrogen-bond acceptors (Lipinski definition) is 3. The maximum Gasteiger partial charge on any atom is 0.225 e. The Kier molecular flexibility index (Phi) is 4.46. The van der Waals surface area contributed by atoms with Crippen LogP contribution >= 0.6 is 0 Å². The van der Waals surface area contributed by atoms with Gasteiger partial charge in [-0.05, 0) is 55.9 Å². The van der Waals surface area contributed by atoms with Gasteiger partial charge in [0.15, 0.2) is 5.82 Å². The van der Waals surface area contributed by atoms with Crippen molar-refractivity contribution in [1.82, 2.24) is 14.3 Å². The Morgan fingerprint density at radius 3 is 2.43 bits per heavy atom. The van der Waals surface area contributed by atoms with Crippen molar-refractivity contribution in [2.75, 3.05) is 31.1 Å². The molecule has 2 aliphatic heterocycles. The molecule has 2 saturated heterocycles. The number of piperidine rings is 2. The molecule has 0 bridgehead atoms. The van der Waals surface area contributed by atoms with Crippen LogP contribution in [0.5, 0.6) is 0 Å². The number of nitrogens with zero attached hydrogens (tertiary/aromatic N) is 4. The number of carbonyl (C=O) groups excluding carboxylic acids is 1. The largest absolute Gasteiger partial charge is 0.355 e. The van der Waals surface area contributed by atoms with Crippen molar-refractivity contribution in [2.24, 2.45) is 11.8 Å². The zero-order chi connectivity index (χ0) is 19.1. The molecule has 2 fully saturated rings. The van der Waals surface area contributed by atoms with E-state index in [4.69, 9.17) is 4.98 Å². The Morgan fingerprint density at radius 1 is 0.929 bits per heavy atom. The predicted octanol–water partition coefficient (Wildman–Crippen LogP) is 3.96. The minimum absolute atomic E-state index is 0.174. The van der Waals surface area contributed by atoms with E-state index in [1.165, 1.54) is 0 Å². The highest BCUT2D eigenvalue weighted by Gasteiger charge is 2.31. The number of amides is 1. The van der Waals surface area contributed by atoms with Crippen LogP contribution in [0.25, 0.3) is 16.6 Å². The van der Waals surface area contributed by atoms with Gasteiger partial charge in [-0.25, -0.2) is 4.98 Å². The molecule has 3 aromatic rings. The average molecular weight is 377 g/mol. The molecule has 5 heteroatoms. The summed E-state index contributed by atoms with van der Waals surface area (Å²) in [5.74, 6) is 2.36. The van der Waals surface area contributed by atoms with Crippen LogP contribution in [-0.4, -0.2) is 46.4 Å². The van der Waals surface area contributed by atoms with Crippen LogP contribution in [0.4, 0.5) is 5.82 Å². The van der Waals surface area contributed by atoms with E-state index in [9.17, 15) is 4.79 Å². The summed E-state index contributed by atoms with van der Waals surface area (Å²) in [6.07, 6.45) is 6.25. The monoisotopic (exact) mass is 376 g/mol. The van der Waals surface area contributed by atoms with Crippen LogP contribution in [0.1, 0.15) is 32.6 Å². The minimum atomic E-state index is 0.174. The summed E-state index contributed by atoms with van der Waals surface area (Å²) in [6, 6.07) is 12.5. The van der Waals surface area contributed by atoms with Crippen molar-refractivity contribution < 1.29 is 4.79 Å². The molecule has 1 aromatic carbocycles. The number of aromatic nitrogens is 2. The molecule has 0 spiro atoms. The zero-order valence-electron chi connectivity index (χ0n) is 16.6. The van der Waals surface area contributed by atoms with E-state index in [1.54, 1.807) is 0 Å². The van der Waals surface area contributed by atoms with Crippen LogP contribution in [0.2, 0.25) is 0 Å². The van der Waals surface area contributed by atoms with Crippen LogP contribution in [0.15, 0.2) is 42.6 Å². The second kappa shape index (κ2) is 7.12. The predicted molar refractivity (Wildman–Crippen MR) is 113 cm³/mol. The maximum atomic E-state index is 12.9. The van der Waals surface area contributed by atoms with Gasteiger partial charge in [-0.3, -0.25) is 4.79 Å². The van der Waals surface area contributed by atoms with Gasteiger partial charge < -0.3 is 14.2 Å². The number of hydrogen-bond donors (Lipinski definition) is 0. The summed E-state index contributed by atoms with van der Waals surface area (Å²) >= 11 is 0. The quantitative estimate of drug-likeness (QED) is 0.680. The Hall–Kier alpha value is -2.56. The second-order valence-electron chi connectivity index (χ2n) is 8.46. The van der Waals surface area contributed by atoms with Gasteiger partial charge in [0, 0.05) is 38.3 Å². The molecule has 28 heavy (non-hydrogen) atoms. The van der Waals surface area contributed by atoms with Gasteiger partial charge in [-0.1, -0.05) is 19.1 Å². The fourth-order valence-corrected chi connectivity index (χ4v) is 4.77. The van der Waals surface area contributed by atoms with E-state index in [0.717, 1.165) is 80.1 Å². The van der Waals surface area contributed by atoms with Crippen molar-refractivity contribution in [3.05, 3.63) is 42.6 Å². The molecule has 146 valence electrons. The lowest BCUT2D eigenvalue weighted by molar-refractivity contribution is -0.137. The Labute approximate surface area is 165 Å². The molecule has 0 N–H and O–H groups in total. The third-order valence-corrected chi connectivity index (χ3v) is 6.58. The minimum Gasteiger partial charge on any atom is -0.355 e. The summed E-state index contributed by atoms with van der Waals surface area (Å²) in [4.78, 5) is 22.4. The molecule has 0 saturated carbocycles. The molecule has 1 amide bonds. The SMILES string of the molecule is CC1CCN(C(=O)C2CCN(c3nc4ccccc4n4cccc34)CC2)CC1. The van der Waals surface area contributed by atoms with Crippen LogP contribution in [0.3, 0.4) is 0 Å². The van der Waals surface area contributed by atoms with Gasteiger partial charge in [0.1, 0.15) is 0 Å². The van der Waals surface area contributed by atoms with Gasteiger partial charge >= 0.3 is 0 Å². The number of fused-ring (bicyclic) bond motifs is 3. The molecule has 5 rings (SSSR count). The summed E-state index contributed by atoms with van der Waals surface area (Å²) in [7, 11) is 0. The highest BCUT2D eigenvalue weighted by atomic mass is 16.2. The van der Waals surface area contributed by atoms with Crippen LogP contribution in [-0.2, 0) is 4.79 Å². The molecule has 2 aliphatic rings. The number of rotatable bonds is 2. The van der Waals surface area contributed by atoms with Crippen molar-refractivity contribution in [3.63, 3.8) is 0 Å². The molecule has 4 heterocycles. The molecule has 0 unspecified atom stereocenters. The normalized spacial score (nSPS) is 19.6. The maximum absolute atomic E-state index is 12.9. The van der Waals surface area contributed by atoms with E-state index in [2.05, 4.69) is 57.7 Å². The third-order valence-electron chi connectivity index (χ3n) is 6.58. The first kappa shape index (κ1) is 17.5. The van der Waals surface area contributed by atoms with Gasteiger partial charge in [0.25, 0.3) is 0 Å². The van der Waals surface area contributed by atoms with Gasteiger partial charge in [0.05, 0.1) is 16.6 Å². The number of carbonyl (C=O) groups is 1. The molecule has 0 atom stereocenters. The molecular weight excluding hydrogens is 348 g/mol. The van der Waals surface area contributed by atoms with E-state index < -0.39 is 0 Å². The molecular formula is C23H28N4O.